The van der Waals surface area contributed by atoms with Crippen LogP contribution in [0.5, 0.6) is 17.4 Å². The number of urea groups is 1. The van der Waals surface area contributed by atoms with Gasteiger partial charge in [0, 0.05) is 19.3 Å². The number of benzene rings is 1. The molecule has 1 aromatic carbocycles. The molecule has 0 spiro atoms. The fourth-order valence-corrected chi connectivity index (χ4v) is 2.44. The summed E-state index contributed by atoms with van der Waals surface area (Å²) in [6, 6.07) is 10.6. The molecule has 23 heavy (non-hydrogen) atoms. The van der Waals surface area contributed by atoms with Gasteiger partial charge in [0.15, 0.2) is 0 Å². The number of nitrogens with one attached hydrogen (secondary N) is 1. The molecule has 3 rings (SSSR count). The van der Waals surface area contributed by atoms with Gasteiger partial charge in [-0.15, -0.1) is 0 Å². The quantitative estimate of drug-likeness (QED) is 0.938. The molecule has 6 nitrogen and oxygen atoms in total. The number of carbonyl (C=O) groups is 1. The van der Waals surface area contributed by atoms with Crippen LogP contribution in [0.15, 0.2) is 42.6 Å². The molecule has 6 heteroatoms. The lowest BCUT2D eigenvalue weighted by Gasteiger charge is -2.17. The van der Waals surface area contributed by atoms with E-state index in [1.807, 2.05) is 0 Å². The van der Waals surface area contributed by atoms with Gasteiger partial charge in [0.25, 0.3) is 0 Å². The summed E-state index contributed by atoms with van der Waals surface area (Å²) >= 11 is 0. The van der Waals surface area contributed by atoms with E-state index < -0.39 is 0 Å². The second-order valence-electron chi connectivity index (χ2n) is 5.26. The topological polar surface area (TPSA) is 63.7 Å². The van der Waals surface area contributed by atoms with Gasteiger partial charge in [0.1, 0.15) is 17.2 Å². The molecule has 1 fully saturated rings. The van der Waals surface area contributed by atoms with Gasteiger partial charge in [-0.05, 0) is 49.2 Å². The van der Waals surface area contributed by atoms with E-state index in [0.29, 0.717) is 17.3 Å². The third-order valence-corrected chi connectivity index (χ3v) is 3.68. The summed E-state index contributed by atoms with van der Waals surface area (Å²) in [5, 5.41) is 2.87. The average molecular weight is 313 g/mol. The van der Waals surface area contributed by atoms with Crippen LogP contribution in [0.1, 0.15) is 12.8 Å². The highest BCUT2D eigenvalue weighted by Crippen LogP contribution is 2.28. The zero-order chi connectivity index (χ0) is 16.1. The molecule has 120 valence electrons. The van der Waals surface area contributed by atoms with Crippen LogP contribution >= 0.6 is 0 Å². The molecule has 1 aromatic heterocycles. The Morgan fingerprint density at radius 1 is 1.13 bits per heavy atom. The van der Waals surface area contributed by atoms with Crippen LogP contribution in [0.3, 0.4) is 0 Å². The summed E-state index contributed by atoms with van der Waals surface area (Å²) in [6.45, 7) is 1.58. The number of hydrogen-bond acceptors (Lipinski definition) is 4. The maximum absolute atomic E-state index is 12.2. The Hall–Kier alpha value is -2.76. The lowest BCUT2D eigenvalue weighted by atomic mass is 10.3. The molecule has 0 bridgehead atoms. The summed E-state index contributed by atoms with van der Waals surface area (Å²) in [5.74, 6) is 1.74. The molecular formula is C17H19N3O3. The molecule has 0 atom stereocenters. The van der Waals surface area contributed by atoms with E-state index in [1.165, 1.54) is 0 Å². The van der Waals surface area contributed by atoms with Crippen molar-refractivity contribution in [2.75, 3.05) is 25.5 Å². The van der Waals surface area contributed by atoms with Crippen LogP contribution < -0.4 is 14.8 Å². The van der Waals surface area contributed by atoms with Gasteiger partial charge >= 0.3 is 6.03 Å². The number of nitrogens with zero attached hydrogens (tertiary/aromatic N) is 2. The summed E-state index contributed by atoms with van der Waals surface area (Å²) in [5.41, 5.74) is 0.556. The molecule has 1 N–H and O–H groups in total. The van der Waals surface area contributed by atoms with Gasteiger partial charge < -0.3 is 19.7 Å². The van der Waals surface area contributed by atoms with Crippen molar-refractivity contribution in [1.29, 1.82) is 0 Å². The number of hydrogen-bond donors (Lipinski definition) is 1. The van der Waals surface area contributed by atoms with E-state index in [-0.39, 0.29) is 6.03 Å². The minimum atomic E-state index is -0.116. The van der Waals surface area contributed by atoms with Crippen LogP contribution in [0.2, 0.25) is 0 Å². The van der Waals surface area contributed by atoms with Crippen LogP contribution in [-0.2, 0) is 0 Å². The normalized spacial score (nSPS) is 13.7. The van der Waals surface area contributed by atoms with Crippen molar-refractivity contribution in [1.82, 2.24) is 9.88 Å². The highest BCUT2D eigenvalue weighted by atomic mass is 16.5. The van der Waals surface area contributed by atoms with Gasteiger partial charge in [-0.3, -0.25) is 0 Å². The van der Waals surface area contributed by atoms with Gasteiger partial charge in [-0.2, -0.15) is 0 Å². The van der Waals surface area contributed by atoms with E-state index in [4.69, 9.17) is 9.47 Å². The molecule has 0 saturated carbocycles. The fourth-order valence-electron chi connectivity index (χ4n) is 2.44. The average Bonchev–Trinajstić information content (AvgIpc) is 3.12. The molecule has 1 saturated heterocycles. The zero-order valence-corrected chi connectivity index (χ0v) is 13.0. The Morgan fingerprint density at radius 3 is 2.52 bits per heavy atom. The maximum atomic E-state index is 12.2. The van der Waals surface area contributed by atoms with E-state index in [0.717, 1.165) is 31.7 Å². The van der Waals surface area contributed by atoms with E-state index in [9.17, 15) is 4.79 Å². The first-order valence-corrected chi connectivity index (χ1v) is 7.59. The second-order valence-corrected chi connectivity index (χ2v) is 5.26. The summed E-state index contributed by atoms with van der Waals surface area (Å²) < 4.78 is 10.9. The summed E-state index contributed by atoms with van der Waals surface area (Å²) in [6.07, 6.45) is 3.73. The first kappa shape index (κ1) is 15.1. The number of pyridine rings is 1. The third kappa shape index (κ3) is 3.71. The summed E-state index contributed by atoms with van der Waals surface area (Å²) in [4.78, 5) is 18.2. The largest absolute Gasteiger partial charge is 0.497 e. The molecule has 0 radical (unpaired) electrons. The highest BCUT2D eigenvalue weighted by Gasteiger charge is 2.19. The predicted molar refractivity (Wildman–Crippen MR) is 87.1 cm³/mol. The maximum Gasteiger partial charge on any atom is 0.321 e. The van der Waals surface area contributed by atoms with Crippen LogP contribution in [-0.4, -0.2) is 36.1 Å². The van der Waals surface area contributed by atoms with Gasteiger partial charge in [0.05, 0.1) is 7.11 Å². The number of amides is 2. The molecule has 1 aliphatic heterocycles. The zero-order valence-electron chi connectivity index (χ0n) is 13.0. The predicted octanol–water partition coefficient (Wildman–Crippen LogP) is 3.51. The molecule has 2 amide bonds. The molecule has 2 heterocycles. The molecule has 0 aliphatic carbocycles. The number of anilines is 1. The first-order chi connectivity index (χ1) is 11.3. The van der Waals surface area contributed by atoms with Crippen molar-refractivity contribution in [3.63, 3.8) is 0 Å². The van der Waals surface area contributed by atoms with Crippen molar-refractivity contribution in [2.24, 2.45) is 0 Å². The van der Waals surface area contributed by atoms with Crippen molar-refractivity contribution >= 4 is 11.7 Å². The van der Waals surface area contributed by atoms with Crippen molar-refractivity contribution < 1.29 is 14.3 Å². The summed E-state index contributed by atoms with van der Waals surface area (Å²) in [7, 11) is 1.61. The molecule has 1 aliphatic rings. The molecule has 0 unspecified atom stereocenters. The van der Waals surface area contributed by atoms with E-state index in [1.54, 1.807) is 54.6 Å². The number of methoxy groups -OCH3 is 1. The van der Waals surface area contributed by atoms with Crippen LogP contribution in [0, 0.1) is 0 Å². The van der Waals surface area contributed by atoms with E-state index >= 15 is 0 Å². The number of likely N-dealkylation sites (tertiary alicyclic amines) is 1. The third-order valence-electron chi connectivity index (χ3n) is 3.68. The molecule has 2 aromatic rings. The Kier molecular flexibility index (Phi) is 4.61. The highest BCUT2D eigenvalue weighted by molar-refractivity contribution is 5.90. The first-order valence-electron chi connectivity index (χ1n) is 7.59. The van der Waals surface area contributed by atoms with Gasteiger partial charge in [0.2, 0.25) is 5.88 Å². The Bertz CT molecular complexity index is 667. The lowest BCUT2D eigenvalue weighted by molar-refractivity contribution is 0.222. The minimum absolute atomic E-state index is 0.116. The smallest absolute Gasteiger partial charge is 0.321 e. The Morgan fingerprint density at radius 2 is 1.83 bits per heavy atom. The van der Waals surface area contributed by atoms with E-state index in [2.05, 4.69) is 10.3 Å². The molecular weight excluding hydrogens is 294 g/mol. The lowest BCUT2D eigenvalue weighted by Crippen LogP contribution is -2.32. The van der Waals surface area contributed by atoms with Crippen LogP contribution in [0.25, 0.3) is 0 Å². The Balaban J connectivity index is 1.72. The fraction of sp³-hybridized carbons (Fsp3) is 0.294. The van der Waals surface area contributed by atoms with Crippen molar-refractivity contribution in [2.45, 2.75) is 12.8 Å². The Labute approximate surface area is 135 Å². The number of carbonyl (C=O) groups excluding carboxylic acids is 1. The SMILES string of the molecule is COc1ccc(Oc2ncccc2NC(=O)N2CCCC2)cc1. The van der Waals surface area contributed by atoms with Gasteiger partial charge in [-0.1, -0.05) is 0 Å². The standard InChI is InChI=1S/C17H19N3O3/c1-22-13-6-8-14(9-7-13)23-16-15(5-4-10-18-16)19-17(21)20-11-2-3-12-20/h4-10H,2-3,11-12H2,1H3,(H,19,21). The van der Waals surface area contributed by atoms with Gasteiger partial charge in [-0.25, -0.2) is 9.78 Å². The van der Waals surface area contributed by atoms with Crippen molar-refractivity contribution in [3.8, 4) is 17.4 Å². The monoisotopic (exact) mass is 313 g/mol. The van der Waals surface area contributed by atoms with Crippen LogP contribution in [0.4, 0.5) is 10.5 Å². The number of ether oxygens (including phenoxy) is 2. The number of aromatic nitrogens is 1. The minimum Gasteiger partial charge on any atom is -0.497 e. The van der Waals surface area contributed by atoms with Crippen molar-refractivity contribution in [3.05, 3.63) is 42.6 Å². The second kappa shape index (κ2) is 7.00. The number of rotatable bonds is 4.